The van der Waals surface area contributed by atoms with Crippen molar-refractivity contribution >= 4 is 44.7 Å². The molecule has 25 heavy (non-hydrogen) atoms. The molecule has 0 saturated carbocycles. The normalized spacial score (nSPS) is 15.1. The molecule has 0 aromatic carbocycles. The molecule has 0 atom stereocenters. The van der Waals surface area contributed by atoms with Crippen LogP contribution >= 0.6 is 23.6 Å². The fourth-order valence-electron chi connectivity index (χ4n) is 3.45. The molecule has 8 heteroatoms. The van der Waals surface area contributed by atoms with Gasteiger partial charge in [-0.15, -0.1) is 11.3 Å². The van der Waals surface area contributed by atoms with E-state index in [2.05, 4.69) is 26.9 Å². The van der Waals surface area contributed by atoms with Crippen molar-refractivity contribution in [3.8, 4) is 11.6 Å². The first-order valence-corrected chi connectivity index (χ1v) is 9.17. The molecule has 0 unspecified atom stereocenters. The van der Waals surface area contributed by atoms with E-state index < -0.39 is 0 Å². The highest BCUT2D eigenvalue weighted by Crippen LogP contribution is 2.36. The van der Waals surface area contributed by atoms with E-state index in [9.17, 15) is 4.79 Å². The largest absolute Gasteiger partial charge is 0.461 e. The second-order valence-electron chi connectivity index (χ2n) is 6.27. The van der Waals surface area contributed by atoms with Crippen molar-refractivity contribution in [2.24, 2.45) is 0 Å². The van der Waals surface area contributed by atoms with Crippen LogP contribution in [0.5, 0.6) is 0 Å². The summed E-state index contributed by atoms with van der Waals surface area (Å²) in [4.78, 5) is 27.7. The molecule has 0 spiro atoms. The number of pyridine rings is 1. The van der Waals surface area contributed by atoms with Crippen LogP contribution < -0.4 is 5.56 Å². The topological polar surface area (TPSA) is 77.9 Å². The standard InChI is InChI=1S/C17H14N4O2S2/c1-21-5-4-8-10(7-21)25-17-11(8)13-12(15(22)20-17)16(24)19-14(18-13)9-3-2-6-23-9/h2-3,6H,4-5,7H2,1H3,(H,20,22)(H,18,19,24). The minimum absolute atomic E-state index is 0.200. The second-order valence-corrected chi connectivity index (χ2v) is 7.76. The molecular formula is C17H14N4O2S2. The average Bonchev–Trinajstić information content (AvgIpc) is 3.20. The Balaban J connectivity index is 1.93. The highest BCUT2D eigenvalue weighted by molar-refractivity contribution is 7.71. The number of aromatic amines is 2. The van der Waals surface area contributed by atoms with Crippen molar-refractivity contribution in [3.63, 3.8) is 0 Å². The molecule has 126 valence electrons. The number of nitrogens with one attached hydrogen (secondary N) is 2. The Hall–Kier alpha value is -2.29. The average molecular weight is 370 g/mol. The van der Waals surface area contributed by atoms with Crippen molar-refractivity contribution in [2.45, 2.75) is 13.0 Å². The molecule has 4 aromatic heterocycles. The van der Waals surface area contributed by atoms with Crippen LogP contribution in [0.1, 0.15) is 10.4 Å². The first-order chi connectivity index (χ1) is 12.1. The van der Waals surface area contributed by atoms with E-state index >= 15 is 0 Å². The zero-order valence-corrected chi connectivity index (χ0v) is 15.0. The van der Waals surface area contributed by atoms with Crippen LogP contribution in [0.2, 0.25) is 0 Å². The number of likely N-dealkylation sites (N-methyl/N-ethyl adjacent to an activating group) is 1. The molecule has 0 fully saturated rings. The van der Waals surface area contributed by atoms with Crippen LogP contribution in [-0.4, -0.2) is 33.4 Å². The Morgan fingerprint density at radius 3 is 3.04 bits per heavy atom. The summed E-state index contributed by atoms with van der Waals surface area (Å²) in [5, 5.41) is 1.50. The number of furan rings is 1. The van der Waals surface area contributed by atoms with Gasteiger partial charge in [-0.2, -0.15) is 0 Å². The maximum atomic E-state index is 12.6. The molecule has 5 rings (SSSR count). The molecule has 0 aliphatic carbocycles. The van der Waals surface area contributed by atoms with E-state index in [1.807, 2.05) is 6.07 Å². The highest BCUT2D eigenvalue weighted by atomic mass is 32.1. The number of aromatic nitrogens is 3. The Morgan fingerprint density at radius 1 is 1.36 bits per heavy atom. The van der Waals surface area contributed by atoms with E-state index in [4.69, 9.17) is 16.6 Å². The first kappa shape index (κ1) is 15.0. The summed E-state index contributed by atoms with van der Waals surface area (Å²) in [6.45, 7) is 1.89. The molecule has 4 aromatic rings. The van der Waals surface area contributed by atoms with Crippen LogP contribution in [0.3, 0.4) is 0 Å². The molecular weight excluding hydrogens is 356 g/mol. The van der Waals surface area contributed by atoms with Crippen molar-refractivity contribution in [2.75, 3.05) is 13.6 Å². The van der Waals surface area contributed by atoms with E-state index in [1.165, 1.54) is 10.4 Å². The van der Waals surface area contributed by atoms with Crippen molar-refractivity contribution in [1.29, 1.82) is 0 Å². The van der Waals surface area contributed by atoms with Gasteiger partial charge >= 0.3 is 0 Å². The maximum Gasteiger partial charge on any atom is 0.261 e. The summed E-state index contributed by atoms with van der Waals surface area (Å²) >= 11 is 7.06. The number of thiophene rings is 1. The Bertz CT molecular complexity index is 1230. The summed E-state index contributed by atoms with van der Waals surface area (Å²) in [5.74, 6) is 1.15. The number of fused-ring (bicyclic) bond motifs is 5. The fraction of sp³-hybridized carbons (Fsp3) is 0.235. The second kappa shape index (κ2) is 5.35. The summed E-state index contributed by atoms with van der Waals surface area (Å²) < 4.78 is 5.73. The summed E-state index contributed by atoms with van der Waals surface area (Å²) in [5.41, 5.74) is 1.85. The van der Waals surface area contributed by atoms with Gasteiger partial charge in [-0.05, 0) is 31.2 Å². The summed E-state index contributed by atoms with van der Waals surface area (Å²) in [6, 6.07) is 3.62. The van der Waals surface area contributed by atoms with Crippen LogP contribution in [-0.2, 0) is 13.0 Å². The lowest BCUT2D eigenvalue weighted by Gasteiger charge is -2.22. The molecule has 1 aliphatic rings. The minimum Gasteiger partial charge on any atom is -0.461 e. The van der Waals surface area contributed by atoms with Gasteiger partial charge < -0.3 is 19.3 Å². The molecule has 0 saturated heterocycles. The van der Waals surface area contributed by atoms with Crippen LogP contribution in [0.15, 0.2) is 27.6 Å². The van der Waals surface area contributed by atoms with E-state index in [0.29, 0.717) is 17.0 Å². The molecule has 2 N–H and O–H groups in total. The Kier molecular flexibility index (Phi) is 3.21. The predicted octanol–water partition coefficient (Wildman–Crippen LogP) is 3.44. The predicted molar refractivity (Wildman–Crippen MR) is 101 cm³/mol. The van der Waals surface area contributed by atoms with Crippen LogP contribution in [0.4, 0.5) is 0 Å². The minimum atomic E-state index is -0.200. The maximum absolute atomic E-state index is 12.6. The molecule has 0 amide bonds. The van der Waals surface area contributed by atoms with Gasteiger partial charge in [-0.3, -0.25) is 4.79 Å². The number of hydrogen-bond acceptors (Lipinski definition) is 6. The summed E-state index contributed by atoms with van der Waals surface area (Å²) in [7, 11) is 2.11. The third-order valence-corrected chi connectivity index (χ3v) is 6.05. The lowest BCUT2D eigenvalue weighted by atomic mass is 10.0. The molecule has 1 aliphatic heterocycles. The van der Waals surface area contributed by atoms with Gasteiger partial charge in [0.2, 0.25) is 0 Å². The number of H-pyrrole nitrogens is 2. The smallest absolute Gasteiger partial charge is 0.261 e. The highest BCUT2D eigenvalue weighted by Gasteiger charge is 2.23. The SMILES string of the molecule is CN1CCc2c(sc3[nH]c(=O)c4c(=S)nc(-c5ccco5)[nH]c4c23)C1. The van der Waals surface area contributed by atoms with Gasteiger partial charge in [0.05, 0.1) is 11.8 Å². The van der Waals surface area contributed by atoms with Gasteiger partial charge in [0.15, 0.2) is 11.6 Å². The van der Waals surface area contributed by atoms with Crippen molar-refractivity contribution < 1.29 is 4.42 Å². The number of rotatable bonds is 1. The Morgan fingerprint density at radius 2 is 2.24 bits per heavy atom. The van der Waals surface area contributed by atoms with Gasteiger partial charge in [0.1, 0.15) is 14.9 Å². The molecule has 0 radical (unpaired) electrons. The fourth-order valence-corrected chi connectivity index (χ4v) is 5.07. The quantitative estimate of drug-likeness (QED) is 0.502. The van der Waals surface area contributed by atoms with Gasteiger partial charge in [0, 0.05) is 23.4 Å². The molecule has 0 bridgehead atoms. The van der Waals surface area contributed by atoms with E-state index in [-0.39, 0.29) is 10.2 Å². The zero-order valence-electron chi connectivity index (χ0n) is 13.4. The monoisotopic (exact) mass is 370 g/mol. The van der Waals surface area contributed by atoms with Crippen LogP contribution in [0.25, 0.3) is 32.7 Å². The number of hydrogen-bond donors (Lipinski definition) is 2. The van der Waals surface area contributed by atoms with Crippen molar-refractivity contribution in [3.05, 3.63) is 43.8 Å². The third kappa shape index (κ3) is 2.21. The zero-order chi connectivity index (χ0) is 17.1. The number of nitrogens with zero attached hydrogens (tertiary/aromatic N) is 2. The van der Waals surface area contributed by atoms with E-state index in [1.54, 1.807) is 23.7 Å². The molecule has 6 nitrogen and oxygen atoms in total. The van der Waals surface area contributed by atoms with Crippen molar-refractivity contribution in [1.82, 2.24) is 19.9 Å². The van der Waals surface area contributed by atoms with Gasteiger partial charge in [0.25, 0.3) is 5.56 Å². The lowest BCUT2D eigenvalue weighted by molar-refractivity contribution is 0.318. The lowest BCUT2D eigenvalue weighted by Crippen LogP contribution is -2.25. The van der Waals surface area contributed by atoms with Gasteiger partial charge in [-0.1, -0.05) is 12.2 Å². The third-order valence-electron chi connectivity index (χ3n) is 4.63. The first-order valence-electron chi connectivity index (χ1n) is 7.95. The Labute approximate surface area is 151 Å². The molecule has 5 heterocycles. The van der Waals surface area contributed by atoms with Crippen LogP contribution in [0, 0.1) is 4.64 Å². The van der Waals surface area contributed by atoms with E-state index in [0.717, 1.165) is 35.2 Å². The van der Waals surface area contributed by atoms with Gasteiger partial charge in [-0.25, -0.2) is 4.98 Å². The summed E-state index contributed by atoms with van der Waals surface area (Å²) in [6.07, 6.45) is 2.54.